The lowest BCUT2D eigenvalue weighted by Crippen LogP contribution is -2.46. The molecule has 0 radical (unpaired) electrons. The van der Waals surface area contributed by atoms with Gasteiger partial charge in [0.2, 0.25) is 6.41 Å². The molecular formula is C18H21N5O. The summed E-state index contributed by atoms with van der Waals surface area (Å²) >= 11 is 0. The van der Waals surface area contributed by atoms with Gasteiger partial charge in [-0.2, -0.15) is 0 Å². The van der Waals surface area contributed by atoms with Crippen LogP contribution in [-0.2, 0) is 4.79 Å². The number of anilines is 2. The first-order valence-electron chi connectivity index (χ1n) is 8.03. The summed E-state index contributed by atoms with van der Waals surface area (Å²) < 4.78 is 0. The molecule has 1 saturated heterocycles. The molecule has 24 heavy (non-hydrogen) atoms. The maximum atomic E-state index is 10.9. The zero-order valence-corrected chi connectivity index (χ0v) is 13.6. The Balaban J connectivity index is 1.90. The molecule has 1 aromatic heterocycles. The molecule has 1 fully saturated rings. The Bertz CT molecular complexity index is 696. The largest absolute Gasteiger partial charge is 0.366 e. The molecule has 1 aromatic carbocycles. The molecule has 124 valence electrons. The van der Waals surface area contributed by atoms with Gasteiger partial charge in [0.15, 0.2) is 5.82 Å². The summed E-state index contributed by atoms with van der Waals surface area (Å²) in [6, 6.07) is 11.9. The molecule has 0 atom stereocenters. The van der Waals surface area contributed by atoms with Crippen molar-refractivity contribution >= 4 is 18.0 Å². The van der Waals surface area contributed by atoms with Crippen LogP contribution in [-0.4, -0.2) is 54.0 Å². The summed E-state index contributed by atoms with van der Waals surface area (Å²) in [7, 11) is 0. The fourth-order valence-corrected chi connectivity index (χ4v) is 2.64. The molecule has 2 heterocycles. The van der Waals surface area contributed by atoms with Crippen LogP contribution in [0.1, 0.15) is 0 Å². The number of amides is 1. The van der Waals surface area contributed by atoms with Gasteiger partial charge in [-0.15, -0.1) is 6.58 Å². The van der Waals surface area contributed by atoms with Gasteiger partial charge in [-0.05, 0) is 0 Å². The number of nitrogens with zero attached hydrogens (tertiary/aromatic N) is 4. The first kappa shape index (κ1) is 16.0. The molecule has 0 unspecified atom stereocenters. The highest BCUT2D eigenvalue weighted by Crippen LogP contribution is 2.23. The summed E-state index contributed by atoms with van der Waals surface area (Å²) in [5.41, 5.74) is 0.979. The summed E-state index contributed by atoms with van der Waals surface area (Å²) in [6.45, 7) is 7.34. The van der Waals surface area contributed by atoms with Gasteiger partial charge in [0.05, 0.1) is 0 Å². The number of carbonyl (C=O) groups excluding carboxylic acids is 1. The number of piperazine rings is 1. The van der Waals surface area contributed by atoms with Crippen LogP contribution in [0.3, 0.4) is 0 Å². The summed E-state index contributed by atoms with van der Waals surface area (Å²) in [5, 5.41) is 3.24. The van der Waals surface area contributed by atoms with Crippen LogP contribution in [0, 0.1) is 0 Å². The minimum atomic E-state index is 0.642. The molecule has 1 amide bonds. The van der Waals surface area contributed by atoms with Gasteiger partial charge in [0.25, 0.3) is 0 Å². The van der Waals surface area contributed by atoms with Gasteiger partial charge in [-0.1, -0.05) is 36.4 Å². The molecule has 0 bridgehead atoms. The summed E-state index contributed by atoms with van der Waals surface area (Å²) in [5.74, 6) is 2.34. The van der Waals surface area contributed by atoms with Crippen molar-refractivity contribution in [1.29, 1.82) is 0 Å². The highest BCUT2D eigenvalue weighted by molar-refractivity contribution is 5.62. The SMILES string of the molecule is C=CCNc1cc(N2CCN(C=O)CC2)nc(-c2ccccc2)n1. The number of hydrogen-bond donors (Lipinski definition) is 1. The smallest absolute Gasteiger partial charge is 0.209 e. The van der Waals surface area contributed by atoms with Crippen LogP contribution in [0.25, 0.3) is 11.4 Å². The predicted molar refractivity (Wildman–Crippen MR) is 96.0 cm³/mol. The molecule has 1 aliphatic heterocycles. The van der Waals surface area contributed by atoms with Crippen molar-refractivity contribution in [3.8, 4) is 11.4 Å². The van der Waals surface area contributed by atoms with E-state index in [9.17, 15) is 4.79 Å². The Morgan fingerprint density at radius 1 is 1.12 bits per heavy atom. The van der Waals surface area contributed by atoms with E-state index >= 15 is 0 Å². The number of benzene rings is 1. The third-order valence-corrected chi connectivity index (χ3v) is 3.96. The Kier molecular flexibility index (Phi) is 5.05. The van der Waals surface area contributed by atoms with Crippen molar-refractivity contribution < 1.29 is 4.79 Å². The lowest BCUT2D eigenvalue weighted by atomic mass is 10.2. The van der Waals surface area contributed by atoms with E-state index in [1.807, 2.05) is 36.4 Å². The van der Waals surface area contributed by atoms with Gasteiger partial charge in [-0.3, -0.25) is 4.79 Å². The van der Waals surface area contributed by atoms with Crippen LogP contribution in [0.4, 0.5) is 11.6 Å². The number of aromatic nitrogens is 2. The lowest BCUT2D eigenvalue weighted by Gasteiger charge is -2.33. The Hall–Kier alpha value is -2.89. The maximum absolute atomic E-state index is 10.9. The van der Waals surface area contributed by atoms with Crippen molar-refractivity contribution in [1.82, 2.24) is 14.9 Å². The minimum Gasteiger partial charge on any atom is -0.366 e. The lowest BCUT2D eigenvalue weighted by molar-refractivity contribution is -0.118. The highest BCUT2D eigenvalue weighted by Gasteiger charge is 2.18. The van der Waals surface area contributed by atoms with Crippen LogP contribution < -0.4 is 10.2 Å². The van der Waals surface area contributed by atoms with E-state index in [0.29, 0.717) is 25.5 Å². The maximum Gasteiger partial charge on any atom is 0.209 e. The van der Waals surface area contributed by atoms with Crippen molar-refractivity contribution in [2.45, 2.75) is 0 Å². The number of hydrogen-bond acceptors (Lipinski definition) is 5. The van der Waals surface area contributed by atoms with Gasteiger partial charge in [0, 0.05) is 44.4 Å². The van der Waals surface area contributed by atoms with Crippen molar-refractivity contribution in [2.75, 3.05) is 42.9 Å². The number of carbonyl (C=O) groups is 1. The van der Waals surface area contributed by atoms with Crippen LogP contribution in [0.2, 0.25) is 0 Å². The van der Waals surface area contributed by atoms with E-state index in [-0.39, 0.29) is 0 Å². The fraction of sp³-hybridized carbons (Fsp3) is 0.278. The quantitative estimate of drug-likeness (QED) is 0.651. The second kappa shape index (κ2) is 7.59. The van der Waals surface area contributed by atoms with E-state index in [0.717, 1.165) is 36.7 Å². The Morgan fingerprint density at radius 3 is 2.54 bits per heavy atom. The monoisotopic (exact) mass is 323 g/mol. The standard InChI is InChI=1S/C18H21N5O/c1-2-8-19-16-13-17(23-11-9-22(14-24)10-12-23)21-18(20-16)15-6-4-3-5-7-15/h2-7,13-14H,1,8-12H2,(H,19,20,21). The molecule has 0 aliphatic carbocycles. The number of nitrogens with one attached hydrogen (secondary N) is 1. The molecule has 3 rings (SSSR count). The molecule has 2 aromatic rings. The van der Waals surface area contributed by atoms with Gasteiger partial charge in [0.1, 0.15) is 11.6 Å². The predicted octanol–water partition coefficient (Wildman–Crippen LogP) is 2.02. The first-order valence-corrected chi connectivity index (χ1v) is 8.03. The van der Waals surface area contributed by atoms with E-state index in [1.165, 1.54) is 0 Å². The molecule has 6 heteroatoms. The third kappa shape index (κ3) is 3.71. The first-order chi connectivity index (χ1) is 11.8. The van der Waals surface area contributed by atoms with Crippen LogP contribution >= 0.6 is 0 Å². The van der Waals surface area contributed by atoms with Crippen LogP contribution in [0.5, 0.6) is 0 Å². The van der Waals surface area contributed by atoms with E-state index in [4.69, 9.17) is 4.98 Å². The molecule has 0 saturated carbocycles. The van der Waals surface area contributed by atoms with Crippen molar-refractivity contribution in [3.05, 3.63) is 49.1 Å². The van der Waals surface area contributed by atoms with Crippen molar-refractivity contribution in [2.24, 2.45) is 0 Å². The van der Waals surface area contributed by atoms with Gasteiger partial charge in [-0.25, -0.2) is 9.97 Å². The average Bonchev–Trinajstić information content (AvgIpc) is 2.67. The van der Waals surface area contributed by atoms with Gasteiger partial charge < -0.3 is 15.1 Å². The average molecular weight is 323 g/mol. The Labute approximate surface area is 141 Å². The zero-order valence-electron chi connectivity index (χ0n) is 13.6. The zero-order chi connectivity index (χ0) is 16.8. The summed E-state index contributed by atoms with van der Waals surface area (Å²) in [4.78, 5) is 24.2. The minimum absolute atomic E-state index is 0.642. The van der Waals surface area contributed by atoms with E-state index in [1.54, 1.807) is 11.0 Å². The fourth-order valence-electron chi connectivity index (χ4n) is 2.64. The normalized spacial score (nSPS) is 14.3. The molecular weight excluding hydrogens is 302 g/mol. The third-order valence-electron chi connectivity index (χ3n) is 3.96. The topological polar surface area (TPSA) is 61.4 Å². The second-order valence-corrected chi connectivity index (χ2v) is 5.60. The second-order valence-electron chi connectivity index (χ2n) is 5.60. The van der Waals surface area contributed by atoms with E-state index in [2.05, 4.69) is 21.8 Å². The molecule has 0 spiro atoms. The Morgan fingerprint density at radius 2 is 1.88 bits per heavy atom. The van der Waals surface area contributed by atoms with Gasteiger partial charge >= 0.3 is 0 Å². The highest BCUT2D eigenvalue weighted by atomic mass is 16.1. The van der Waals surface area contributed by atoms with Crippen LogP contribution in [0.15, 0.2) is 49.1 Å². The molecule has 6 nitrogen and oxygen atoms in total. The molecule has 1 N–H and O–H groups in total. The number of rotatable bonds is 6. The van der Waals surface area contributed by atoms with E-state index < -0.39 is 0 Å². The summed E-state index contributed by atoms with van der Waals surface area (Å²) in [6.07, 6.45) is 2.70. The van der Waals surface area contributed by atoms with Crippen molar-refractivity contribution in [3.63, 3.8) is 0 Å². The molecule has 1 aliphatic rings.